The summed E-state index contributed by atoms with van der Waals surface area (Å²) in [7, 11) is 0. The Morgan fingerprint density at radius 1 is 0.700 bits per heavy atom. The van der Waals surface area contributed by atoms with E-state index in [2.05, 4.69) is 0 Å². The third kappa shape index (κ3) is 14.0. The van der Waals surface area contributed by atoms with Gasteiger partial charge in [0.2, 0.25) is 0 Å². The summed E-state index contributed by atoms with van der Waals surface area (Å²) >= 11 is 0. The van der Waals surface area contributed by atoms with Crippen LogP contribution in [0.5, 0.6) is 11.5 Å². The lowest BCUT2D eigenvalue weighted by atomic mass is 10.1. The van der Waals surface area contributed by atoms with E-state index in [9.17, 15) is 19.2 Å². The number of ether oxygens (including phenoxy) is 7. The molecule has 0 saturated carbocycles. The Bertz CT molecular complexity index is 977. The molecule has 0 saturated heterocycles. The highest BCUT2D eigenvalue weighted by Crippen LogP contribution is 2.30. The van der Waals surface area contributed by atoms with Crippen LogP contribution in [-0.4, -0.2) is 62.5 Å². The first-order chi connectivity index (χ1) is 18.7. The molecule has 1 unspecified atom stereocenters. The van der Waals surface area contributed by atoms with Gasteiger partial charge in [-0.15, -0.1) is 0 Å². The van der Waals surface area contributed by atoms with Crippen LogP contribution in [0.1, 0.15) is 61.0 Å². The number of esters is 1. The maximum atomic E-state index is 12.4. The maximum absolute atomic E-state index is 12.4. The lowest BCUT2D eigenvalue weighted by molar-refractivity contribution is -0.148. The van der Waals surface area contributed by atoms with Crippen LogP contribution in [0.4, 0.5) is 14.4 Å². The number of carbonyl (C=O) groups excluding carboxylic acids is 4. The van der Waals surface area contributed by atoms with E-state index in [0.717, 1.165) is 0 Å². The van der Waals surface area contributed by atoms with Gasteiger partial charge in [0.25, 0.3) is 0 Å². The zero-order valence-corrected chi connectivity index (χ0v) is 24.6. The van der Waals surface area contributed by atoms with Crippen LogP contribution in [-0.2, 0) is 34.9 Å². The molecule has 226 valence electrons. The van der Waals surface area contributed by atoms with Crippen LogP contribution >= 0.6 is 0 Å². The Kier molecular flexibility index (Phi) is 14.8. The molecule has 2 N–H and O–H groups in total. The summed E-state index contributed by atoms with van der Waals surface area (Å²) in [6, 6.07) is 3.23. The number of hydrogen-bond donors (Lipinski definition) is 1. The molecule has 12 heteroatoms. The van der Waals surface area contributed by atoms with Crippen molar-refractivity contribution in [3.8, 4) is 11.5 Å². The van der Waals surface area contributed by atoms with E-state index in [-0.39, 0.29) is 61.6 Å². The number of benzene rings is 1. The van der Waals surface area contributed by atoms with E-state index < -0.39 is 36.6 Å². The van der Waals surface area contributed by atoms with Gasteiger partial charge < -0.3 is 38.9 Å². The topological polar surface area (TPSA) is 159 Å². The molecule has 0 aliphatic rings. The summed E-state index contributed by atoms with van der Waals surface area (Å²) in [5.41, 5.74) is 6.49. The standard InChI is InChI=1S/C28H43NO11/c1-16(2)13-35-26(31)39-23-10-9-21(12-24(23)40-27(32)36-14-17(3)4)11-22(29)25(30)34-15-19(7)37-28(33)38-20(8)18(5)6/h9-10,12,16-20,22H,11,13-15,29H2,1-8H3/t19-,20?,22-/m0/s1. The van der Waals surface area contributed by atoms with E-state index in [4.69, 9.17) is 38.9 Å². The van der Waals surface area contributed by atoms with E-state index in [1.54, 1.807) is 19.9 Å². The van der Waals surface area contributed by atoms with Crippen molar-refractivity contribution in [2.24, 2.45) is 23.5 Å². The van der Waals surface area contributed by atoms with Gasteiger partial charge in [0.15, 0.2) is 11.5 Å². The first-order valence-electron chi connectivity index (χ1n) is 13.3. The van der Waals surface area contributed by atoms with E-state index in [0.29, 0.717) is 5.56 Å². The Labute approximate surface area is 235 Å². The van der Waals surface area contributed by atoms with Crippen LogP contribution in [0.3, 0.4) is 0 Å². The molecular formula is C28H43NO11. The first kappa shape index (κ1) is 34.5. The molecule has 1 aromatic rings. The van der Waals surface area contributed by atoms with Gasteiger partial charge in [-0.1, -0.05) is 47.6 Å². The van der Waals surface area contributed by atoms with Gasteiger partial charge in [0.1, 0.15) is 24.9 Å². The van der Waals surface area contributed by atoms with Gasteiger partial charge in [-0.25, -0.2) is 14.4 Å². The van der Waals surface area contributed by atoms with Gasteiger partial charge in [-0.3, -0.25) is 4.79 Å². The minimum Gasteiger partial charge on any atom is -0.461 e. The number of rotatable bonds is 14. The average molecular weight is 570 g/mol. The molecule has 0 spiro atoms. The molecule has 0 heterocycles. The third-order valence-corrected chi connectivity index (χ3v) is 5.20. The summed E-state index contributed by atoms with van der Waals surface area (Å²) in [6.07, 6.45) is -3.91. The molecular weight excluding hydrogens is 526 g/mol. The molecule has 12 nitrogen and oxygen atoms in total. The molecule has 0 aliphatic carbocycles. The van der Waals surface area contributed by atoms with Crippen molar-refractivity contribution in [3.05, 3.63) is 23.8 Å². The summed E-state index contributed by atoms with van der Waals surface area (Å²) < 4.78 is 35.9. The minimum absolute atomic E-state index is 0.00249. The SMILES string of the molecule is CC(C)COC(=O)Oc1ccc(C[C@H](N)C(=O)OC[C@H](C)OC(=O)OC(C)C(C)C)cc1OC(=O)OCC(C)C. The maximum Gasteiger partial charge on any atom is 0.513 e. The molecule has 1 rings (SSSR count). The second-order valence-corrected chi connectivity index (χ2v) is 10.6. The van der Waals surface area contributed by atoms with Gasteiger partial charge in [0, 0.05) is 0 Å². The lowest BCUT2D eigenvalue weighted by Crippen LogP contribution is -2.36. The Morgan fingerprint density at radius 3 is 1.77 bits per heavy atom. The molecule has 0 fully saturated rings. The number of hydrogen-bond acceptors (Lipinski definition) is 12. The monoisotopic (exact) mass is 569 g/mol. The van der Waals surface area contributed by atoms with E-state index in [1.165, 1.54) is 12.1 Å². The Hall–Kier alpha value is -3.54. The molecule has 0 aliphatic heterocycles. The summed E-state index contributed by atoms with van der Waals surface area (Å²) in [4.78, 5) is 48.5. The van der Waals surface area contributed by atoms with Crippen molar-refractivity contribution >= 4 is 24.4 Å². The fraction of sp³-hybridized carbons (Fsp3) is 0.643. The second kappa shape index (κ2) is 17.2. The zero-order chi connectivity index (χ0) is 30.4. The average Bonchev–Trinajstić information content (AvgIpc) is 2.86. The van der Waals surface area contributed by atoms with Gasteiger partial charge in [-0.2, -0.15) is 0 Å². The van der Waals surface area contributed by atoms with Crippen molar-refractivity contribution in [3.63, 3.8) is 0 Å². The molecule has 0 amide bonds. The summed E-state index contributed by atoms with van der Waals surface area (Å²) in [5.74, 6) is -0.656. The highest BCUT2D eigenvalue weighted by molar-refractivity contribution is 5.76. The highest BCUT2D eigenvalue weighted by atomic mass is 16.8. The van der Waals surface area contributed by atoms with Crippen LogP contribution in [0.25, 0.3) is 0 Å². The summed E-state index contributed by atoms with van der Waals surface area (Å²) in [6.45, 7) is 14.6. The fourth-order valence-electron chi connectivity index (χ4n) is 2.71. The van der Waals surface area contributed by atoms with Crippen molar-refractivity contribution in [2.75, 3.05) is 19.8 Å². The lowest BCUT2D eigenvalue weighted by Gasteiger charge is -2.19. The Balaban J connectivity index is 2.82. The molecule has 0 bridgehead atoms. The quantitative estimate of drug-likeness (QED) is 0.181. The third-order valence-electron chi connectivity index (χ3n) is 5.20. The minimum atomic E-state index is -1.09. The Morgan fingerprint density at radius 2 is 1.25 bits per heavy atom. The van der Waals surface area contributed by atoms with Crippen LogP contribution in [0.2, 0.25) is 0 Å². The fourth-order valence-corrected chi connectivity index (χ4v) is 2.71. The van der Waals surface area contributed by atoms with E-state index in [1.807, 2.05) is 41.5 Å². The number of nitrogens with two attached hydrogens (primary N) is 1. The molecule has 0 radical (unpaired) electrons. The van der Waals surface area contributed by atoms with Crippen LogP contribution in [0, 0.1) is 17.8 Å². The van der Waals surface area contributed by atoms with Crippen molar-refractivity contribution in [1.29, 1.82) is 0 Å². The van der Waals surface area contributed by atoms with Gasteiger partial charge in [-0.05, 0) is 55.7 Å². The van der Waals surface area contributed by atoms with Gasteiger partial charge in [0.05, 0.1) is 13.2 Å². The van der Waals surface area contributed by atoms with Crippen molar-refractivity contribution < 1.29 is 52.3 Å². The smallest absolute Gasteiger partial charge is 0.461 e. The second-order valence-electron chi connectivity index (χ2n) is 10.6. The molecule has 0 aromatic heterocycles. The molecule has 3 atom stereocenters. The number of carbonyl (C=O) groups is 4. The molecule has 1 aromatic carbocycles. The highest BCUT2D eigenvalue weighted by Gasteiger charge is 2.22. The van der Waals surface area contributed by atoms with Crippen LogP contribution in [0.15, 0.2) is 18.2 Å². The predicted molar refractivity (Wildman–Crippen MR) is 144 cm³/mol. The predicted octanol–water partition coefficient (Wildman–Crippen LogP) is 5.03. The van der Waals surface area contributed by atoms with E-state index >= 15 is 0 Å². The molecule has 40 heavy (non-hydrogen) atoms. The van der Waals surface area contributed by atoms with Gasteiger partial charge >= 0.3 is 24.4 Å². The first-order valence-corrected chi connectivity index (χ1v) is 13.3. The van der Waals surface area contributed by atoms with Crippen molar-refractivity contribution in [2.45, 2.75) is 80.1 Å². The van der Waals surface area contributed by atoms with Crippen LogP contribution < -0.4 is 15.2 Å². The summed E-state index contributed by atoms with van der Waals surface area (Å²) in [5, 5.41) is 0. The normalized spacial score (nSPS) is 13.3. The zero-order valence-electron chi connectivity index (χ0n) is 24.6. The van der Waals surface area contributed by atoms with Crippen molar-refractivity contribution in [1.82, 2.24) is 0 Å². The largest absolute Gasteiger partial charge is 0.513 e.